The highest BCUT2D eigenvalue weighted by atomic mass is 19.1. The lowest BCUT2D eigenvalue weighted by Gasteiger charge is -2.32. The van der Waals surface area contributed by atoms with Crippen LogP contribution in [0.25, 0.3) is 0 Å². The molecule has 1 aliphatic heterocycles. The molecule has 0 unspecified atom stereocenters. The molecule has 2 aromatic rings. The molecule has 1 aliphatic rings. The molecule has 7 nitrogen and oxygen atoms in total. The van der Waals surface area contributed by atoms with Gasteiger partial charge in [-0.2, -0.15) is 0 Å². The molecule has 0 atom stereocenters. The van der Waals surface area contributed by atoms with E-state index in [1.54, 1.807) is 0 Å². The number of unbranched alkanes of at least 4 members (excludes halogenated alkanes) is 2. The van der Waals surface area contributed by atoms with Crippen LogP contribution in [0.2, 0.25) is 0 Å². The molecule has 0 bridgehead atoms. The van der Waals surface area contributed by atoms with Gasteiger partial charge in [-0.25, -0.2) is 23.5 Å². The number of rotatable bonds is 12. The van der Waals surface area contributed by atoms with Crippen LogP contribution < -0.4 is 15.0 Å². The molecule has 192 valence electrons. The Morgan fingerprint density at radius 2 is 1.74 bits per heavy atom. The largest absolute Gasteiger partial charge is 0.493 e. The lowest BCUT2D eigenvalue weighted by Crippen LogP contribution is -2.35. The number of amides is 1. The molecular weight excluding hydrogens is 454 g/mol. The van der Waals surface area contributed by atoms with Crippen LogP contribution in [0.3, 0.4) is 0 Å². The maximum absolute atomic E-state index is 14.3. The summed E-state index contributed by atoms with van der Waals surface area (Å²) in [6.45, 7) is 6.53. The van der Waals surface area contributed by atoms with E-state index in [1.165, 1.54) is 0 Å². The summed E-state index contributed by atoms with van der Waals surface area (Å²) < 4.78 is 39.2. The van der Waals surface area contributed by atoms with E-state index in [9.17, 15) is 13.6 Å². The number of benzene rings is 1. The number of anilines is 2. The third-order valence-electron chi connectivity index (χ3n) is 6.25. The summed E-state index contributed by atoms with van der Waals surface area (Å²) >= 11 is 0. The molecule has 1 N–H and O–H groups in total. The predicted molar refractivity (Wildman–Crippen MR) is 132 cm³/mol. The smallest absolute Gasteiger partial charge is 0.411 e. The number of nitrogens with zero attached hydrogens (tertiary/aromatic N) is 3. The number of hydrogen-bond donors (Lipinski definition) is 1. The normalized spacial score (nSPS) is 14.1. The number of aromatic nitrogens is 2. The molecule has 0 aliphatic carbocycles. The van der Waals surface area contributed by atoms with E-state index in [2.05, 4.69) is 27.1 Å². The standard InChI is InChI=1S/C26H36F2N4O3/c1-3-5-6-13-35-26(33)31-24-22(27)15-21(16-23(24)28)34-14-7-8-20-9-11-32(12-10-20)25-29-17-19(4-2)18-30-25/h15-18,20H,3-14H2,1-2H3,(H,31,33). The molecule has 0 saturated carbocycles. The van der Waals surface area contributed by atoms with Gasteiger partial charge in [-0.05, 0) is 50.0 Å². The van der Waals surface area contributed by atoms with Gasteiger partial charge in [0.2, 0.25) is 5.95 Å². The van der Waals surface area contributed by atoms with Crippen molar-refractivity contribution in [1.29, 1.82) is 0 Å². The van der Waals surface area contributed by atoms with Gasteiger partial charge in [-0.15, -0.1) is 0 Å². The van der Waals surface area contributed by atoms with Crippen molar-refractivity contribution in [2.75, 3.05) is 36.5 Å². The second-order valence-electron chi connectivity index (χ2n) is 8.90. The Labute approximate surface area is 206 Å². The van der Waals surface area contributed by atoms with E-state index in [0.717, 1.165) is 81.7 Å². The van der Waals surface area contributed by atoms with Gasteiger partial charge in [0, 0.05) is 37.6 Å². The van der Waals surface area contributed by atoms with Crippen molar-refractivity contribution in [3.63, 3.8) is 0 Å². The van der Waals surface area contributed by atoms with E-state index >= 15 is 0 Å². The summed E-state index contributed by atoms with van der Waals surface area (Å²) in [6.07, 6.45) is 10.3. The summed E-state index contributed by atoms with van der Waals surface area (Å²) in [5, 5.41) is 2.13. The van der Waals surface area contributed by atoms with E-state index in [1.807, 2.05) is 19.3 Å². The molecular formula is C26H36F2N4O3. The van der Waals surface area contributed by atoms with Crippen LogP contribution in [0.1, 0.15) is 64.4 Å². The Kier molecular flexibility index (Phi) is 10.5. The van der Waals surface area contributed by atoms with Gasteiger partial charge in [0.25, 0.3) is 0 Å². The lowest BCUT2D eigenvalue weighted by atomic mass is 9.92. The van der Waals surface area contributed by atoms with E-state index in [-0.39, 0.29) is 12.4 Å². The molecule has 1 aromatic heterocycles. The second kappa shape index (κ2) is 13.8. The van der Waals surface area contributed by atoms with E-state index < -0.39 is 23.4 Å². The predicted octanol–water partition coefficient (Wildman–Crippen LogP) is 6.13. The first-order chi connectivity index (χ1) is 17.0. The van der Waals surface area contributed by atoms with Crippen molar-refractivity contribution in [1.82, 2.24) is 9.97 Å². The summed E-state index contributed by atoms with van der Waals surface area (Å²) in [5.41, 5.74) is 0.604. The molecule has 3 rings (SSSR count). The fraction of sp³-hybridized carbons (Fsp3) is 0.577. The van der Waals surface area contributed by atoms with E-state index in [4.69, 9.17) is 9.47 Å². The second-order valence-corrected chi connectivity index (χ2v) is 8.90. The Balaban J connectivity index is 1.37. The zero-order valence-corrected chi connectivity index (χ0v) is 20.7. The van der Waals surface area contributed by atoms with Crippen molar-refractivity contribution in [2.24, 2.45) is 5.92 Å². The summed E-state index contributed by atoms with van der Waals surface area (Å²) in [5.74, 6) is -0.327. The summed E-state index contributed by atoms with van der Waals surface area (Å²) in [4.78, 5) is 22.9. The minimum absolute atomic E-state index is 0.101. The van der Waals surface area contributed by atoms with Gasteiger partial charge in [0.1, 0.15) is 11.4 Å². The Hall–Kier alpha value is -2.97. The van der Waals surface area contributed by atoms with Crippen molar-refractivity contribution in [3.05, 3.63) is 41.7 Å². The first-order valence-corrected chi connectivity index (χ1v) is 12.6. The zero-order chi connectivity index (χ0) is 25.0. The number of piperidine rings is 1. The van der Waals surface area contributed by atoms with Gasteiger partial charge in [0.05, 0.1) is 13.2 Å². The highest BCUT2D eigenvalue weighted by Gasteiger charge is 2.21. The Morgan fingerprint density at radius 3 is 2.37 bits per heavy atom. The quantitative estimate of drug-likeness (QED) is 0.361. The van der Waals surface area contributed by atoms with Crippen LogP contribution in [0.15, 0.2) is 24.5 Å². The molecule has 1 saturated heterocycles. The van der Waals surface area contributed by atoms with Crippen LogP contribution in [0.4, 0.5) is 25.2 Å². The number of halogens is 2. The van der Waals surface area contributed by atoms with Gasteiger partial charge >= 0.3 is 6.09 Å². The first-order valence-electron chi connectivity index (χ1n) is 12.6. The van der Waals surface area contributed by atoms with Crippen molar-refractivity contribution < 1.29 is 23.0 Å². The molecule has 0 radical (unpaired) electrons. The minimum Gasteiger partial charge on any atom is -0.493 e. The molecule has 0 spiro atoms. The number of aryl methyl sites for hydroxylation is 1. The monoisotopic (exact) mass is 490 g/mol. The van der Waals surface area contributed by atoms with Gasteiger partial charge in [-0.1, -0.05) is 26.7 Å². The maximum atomic E-state index is 14.3. The highest BCUT2D eigenvalue weighted by molar-refractivity contribution is 5.85. The van der Waals surface area contributed by atoms with Crippen molar-refractivity contribution in [2.45, 2.75) is 65.2 Å². The van der Waals surface area contributed by atoms with Gasteiger partial charge in [0.15, 0.2) is 11.6 Å². The van der Waals surface area contributed by atoms with Crippen molar-refractivity contribution in [3.8, 4) is 5.75 Å². The zero-order valence-electron chi connectivity index (χ0n) is 20.7. The molecule has 1 fully saturated rings. The molecule has 35 heavy (non-hydrogen) atoms. The highest BCUT2D eigenvalue weighted by Crippen LogP contribution is 2.27. The van der Waals surface area contributed by atoms with Crippen LogP contribution in [-0.4, -0.2) is 42.4 Å². The fourth-order valence-corrected chi connectivity index (χ4v) is 4.09. The van der Waals surface area contributed by atoms with Crippen LogP contribution in [0.5, 0.6) is 5.75 Å². The Morgan fingerprint density at radius 1 is 1.06 bits per heavy atom. The molecule has 2 heterocycles. The molecule has 1 aromatic carbocycles. The van der Waals surface area contributed by atoms with E-state index in [0.29, 0.717) is 18.9 Å². The van der Waals surface area contributed by atoms with Gasteiger partial charge in [-0.3, -0.25) is 5.32 Å². The Bertz CT molecular complexity index is 912. The summed E-state index contributed by atoms with van der Waals surface area (Å²) in [6, 6.07) is 2.16. The number of hydrogen-bond acceptors (Lipinski definition) is 6. The number of ether oxygens (including phenoxy) is 2. The third kappa shape index (κ3) is 8.33. The molecule has 9 heteroatoms. The minimum atomic E-state index is -0.896. The number of carbonyl (C=O) groups excluding carboxylic acids is 1. The van der Waals surface area contributed by atoms with Crippen LogP contribution >= 0.6 is 0 Å². The third-order valence-corrected chi connectivity index (χ3v) is 6.25. The first kappa shape index (κ1) is 26.6. The lowest BCUT2D eigenvalue weighted by molar-refractivity contribution is 0.159. The average Bonchev–Trinajstić information content (AvgIpc) is 2.87. The van der Waals surface area contributed by atoms with Crippen molar-refractivity contribution >= 4 is 17.7 Å². The summed E-state index contributed by atoms with van der Waals surface area (Å²) in [7, 11) is 0. The van der Waals surface area contributed by atoms with Gasteiger partial charge < -0.3 is 14.4 Å². The topological polar surface area (TPSA) is 76.6 Å². The SMILES string of the molecule is CCCCCOC(=O)Nc1c(F)cc(OCCCC2CCN(c3ncc(CC)cn3)CC2)cc1F. The number of nitrogens with one attached hydrogen (secondary N) is 1. The average molecular weight is 491 g/mol. The van der Waals surface area contributed by atoms with Crippen LogP contribution in [0, 0.1) is 17.6 Å². The number of carbonyl (C=O) groups is 1. The molecule has 1 amide bonds. The maximum Gasteiger partial charge on any atom is 0.411 e. The fourth-order valence-electron chi connectivity index (χ4n) is 4.09. The van der Waals surface area contributed by atoms with Crippen LogP contribution in [-0.2, 0) is 11.2 Å².